The zero-order valence-corrected chi connectivity index (χ0v) is 11.2. The maximum atomic E-state index is 13.6. The van der Waals surface area contributed by atoms with Crippen molar-refractivity contribution in [3.63, 3.8) is 0 Å². The van der Waals surface area contributed by atoms with Gasteiger partial charge in [-0.15, -0.1) is 0 Å². The van der Waals surface area contributed by atoms with Gasteiger partial charge in [-0.25, -0.2) is 4.39 Å². The second-order valence-electron chi connectivity index (χ2n) is 5.43. The van der Waals surface area contributed by atoms with Crippen molar-refractivity contribution in [1.29, 1.82) is 0 Å². The number of benzene rings is 1. The summed E-state index contributed by atoms with van der Waals surface area (Å²) in [5, 5.41) is 2.84. The van der Waals surface area contributed by atoms with E-state index in [0.717, 1.165) is 0 Å². The number of carbonyl (C=O) groups excluding carboxylic acids is 1. The fraction of sp³-hybridized carbons (Fsp3) is 0.533. The molecule has 0 aliphatic heterocycles. The first kappa shape index (κ1) is 14.0. The Hall–Kier alpha value is -1.42. The van der Waals surface area contributed by atoms with Gasteiger partial charge in [0.05, 0.1) is 0 Å². The predicted molar refractivity (Wildman–Crippen MR) is 73.1 cm³/mol. The minimum absolute atomic E-state index is 0.0627. The van der Waals surface area contributed by atoms with Gasteiger partial charge in [0, 0.05) is 19.0 Å². The molecule has 1 aliphatic rings. The molecule has 1 saturated carbocycles. The number of nitrogens with one attached hydrogen (secondary N) is 1. The second kappa shape index (κ2) is 6.15. The largest absolute Gasteiger partial charge is 0.355 e. The molecule has 0 heterocycles. The van der Waals surface area contributed by atoms with Gasteiger partial charge in [-0.1, -0.05) is 25.1 Å². The van der Waals surface area contributed by atoms with E-state index in [0.29, 0.717) is 24.4 Å². The first-order valence-corrected chi connectivity index (χ1v) is 6.84. The lowest BCUT2D eigenvalue weighted by Gasteiger charge is -2.15. The molecule has 1 aliphatic carbocycles. The Kier molecular flexibility index (Phi) is 4.53. The Morgan fingerprint density at radius 2 is 2.16 bits per heavy atom. The van der Waals surface area contributed by atoms with Crippen molar-refractivity contribution in [2.24, 2.45) is 11.7 Å². The van der Waals surface area contributed by atoms with Crippen LogP contribution in [0.2, 0.25) is 0 Å². The summed E-state index contributed by atoms with van der Waals surface area (Å²) in [6.07, 6.45) is 2.63. The Bertz CT molecular complexity index is 446. The summed E-state index contributed by atoms with van der Waals surface area (Å²) in [6.45, 7) is 2.38. The average molecular weight is 264 g/mol. The molecule has 1 amide bonds. The standard InChI is InChI=1S/C15H21FN2O/c1-10(12-4-2-3-5-13(12)16)8-15(19)18-9-14(17)11-6-7-11/h2-5,10-11,14H,6-9,17H2,1H3,(H,18,19). The number of carbonyl (C=O) groups is 1. The summed E-state index contributed by atoms with van der Waals surface area (Å²) in [6, 6.07) is 6.65. The van der Waals surface area contributed by atoms with Crippen LogP contribution in [0.4, 0.5) is 4.39 Å². The van der Waals surface area contributed by atoms with E-state index in [9.17, 15) is 9.18 Å². The molecule has 19 heavy (non-hydrogen) atoms. The molecule has 1 aromatic rings. The SMILES string of the molecule is CC(CC(=O)NCC(N)C1CC1)c1ccccc1F. The molecule has 104 valence electrons. The molecule has 3 N–H and O–H groups in total. The van der Waals surface area contributed by atoms with E-state index >= 15 is 0 Å². The fourth-order valence-corrected chi connectivity index (χ4v) is 2.26. The van der Waals surface area contributed by atoms with Crippen molar-refractivity contribution in [3.8, 4) is 0 Å². The molecule has 1 aromatic carbocycles. The minimum atomic E-state index is -0.252. The first-order chi connectivity index (χ1) is 9.08. The van der Waals surface area contributed by atoms with Crippen LogP contribution in [0.25, 0.3) is 0 Å². The number of hydrogen-bond donors (Lipinski definition) is 2. The molecule has 2 rings (SSSR count). The van der Waals surface area contributed by atoms with E-state index in [-0.39, 0.29) is 23.7 Å². The van der Waals surface area contributed by atoms with Crippen LogP contribution in [0.15, 0.2) is 24.3 Å². The number of amides is 1. The van der Waals surface area contributed by atoms with Crippen molar-refractivity contribution >= 4 is 5.91 Å². The van der Waals surface area contributed by atoms with E-state index in [1.165, 1.54) is 18.9 Å². The summed E-state index contributed by atoms with van der Waals surface area (Å²) in [5.41, 5.74) is 6.51. The summed E-state index contributed by atoms with van der Waals surface area (Å²) >= 11 is 0. The predicted octanol–water partition coefficient (Wildman–Crippen LogP) is 2.17. The van der Waals surface area contributed by atoms with E-state index in [1.54, 1.807) is 18.2 Å². The van der Waals surface area contributed by atoms with Crippen molar-refractivity contribution in [2.45, 2.75) is 38.1 Å². The van der Waals surface area contributed by atoms with Gasteiger partial charge in [0.15, 0.2) is 0 Å². The highest BCUT2D eigenvalue weighted by molar-refractivity contribution is 5.76. The Morgan fingerprint density at radius 1 is 1.47 bits per heavy atom. The maximum absolute atomic E-state index is 13.6. The molecule has 0 aromatic heterocycles. The smallest absolute Gasteiger partial charge is 0.220 e. The van der Waals surface area contributed by atoms with Crippen molar-refractivity contribution in [1.82, 2.24) is 5.32 Å². The third-order valence-corrected chi connectivity index (χ3v) is 3.69. The molecule has 0 radical (unpaired) electrons. The second-order valence-corrected chi connectivity index (χ2v) is 5.43. The van der Waals surface area contributed by atoms with Crippen LogP contribution >= 0.6 is 0 Å². The zero-order chi connectivity index (χ0) is 13.8. The van der Waals surface area contributed by atoms with Crippen LogP contribution in [0, 0.1) is 11.7 Å². The number of rotatable bonds is 6. The molecule has 3 nitrogen and oxygen atoms in total. The highest BCUT2D eigenvalue weighted by Gasteiger charge is 2.28. The Balaban J connectivity index is 1.79. The fourth-order valence-electron chi connectivity index (χ4n) is 2.26. The molecule has 2 atom stereocenters. The zero-order valence-electron chi connectivity index (χ0n) is 11.2. The lowest BCUT2D eigenvalue weighted by Crippen LogP contribution is -2.38. The van der Waals surface area contributed by atoms with Crippen LogP contribution in [-0.2, 0) is 4.79 Å². The van der Waals surface area contributed by atoms with Gasteiger partial charge in [0.1, 0.15) is 5.82 Å². The molecule has 4 heteroatoms. The molecule has 1 fully saturated rings. The van der Waals surface area contributed by atoms with E-state index < -0.39 is 0 Å². The van der Waals surface area contributed by atoms with Crippen molar-refractivity contribution in [3.05, 3.63) is 35.6 Å². The average Bonchev–Trinajstić information content (AvgIpc) is 3.20. The van der Waals surface area contributed by atoms with Crippen LogP contribution in [0.3, 0.4) is 0 Å². The number of halogens is 1. The highest BCUT2D eigenvalue weighted by Crippen LogP contribution is 2.31. The summed E-state index contributed by atoms with van der Waals surface area (Å²) in [7, 11) is 0. The van der Waals surface area contributed by atoms with Crippen molar-refractivity contribution < 1.29 is 9.18 Å². The molecule has 2 unspecified atom stereocenters. The molecule has 0 spiro atoms. The van der Waals surface area contributed by atoms with E-state index in [4.69, 9.17) is 5.73 Å². The van der Waals surface area contributed by atoms with E-state index in [1.807, 2.05) is 6.92 Å². The molecule has 0 saturated heterocycles. The number of nitrogens with two attached hydrogens (primary N) is 1. The first-order valence-electron chi connectivity index (χ1n) is 6.84. The molecular weight excluding hydrogens is 243 g/mol. The highest BCUT2D eigenvalue weighted by atomic mass is 19.1. The Labute approximate surface area is 113 Å². The Morgan fingerprint density at radius 3 is 2.79 bits per heavy atom. The lowest BCUT2D eigenvalue weighted by molar-refractivity contribution is -0.121. The van der Waals surface area contributed by atoms with Gasteiger partial charge in [0.25, 0.3) is 0 Å². The molecular formula is C15H21FN2O. The minimum Gasteiger partial charge on any atom is -0.355 e. The van der Waals surface area contributed by atoms with Crippen LogP contribution in [0.5, 0.6) is 0 Å². The lowest BCUT2D eigenvalue weighted by atomic mass is 9.97. The third kappa shape index (κ3) is 4.03. The maximum Gasteiger partial charge on any atom is 0.220 e. The summed E-state index contributed by atoms with van der Waals surface area (Å²) in [5.74, 6) is 0.131. The van der Waals surface area contributed by atoms with Crippen LogP contribution in [-0.4, -0.2) is 18.5 Å². The number of hydrogen-bond acceptors (Lipinski definition) is 2. The van der Waals surface area contributed by atoms with Crippen LogP contribution in [0.1, 0.15) is 37.7 Å². The van der Waals surface area contributed by atoms with Gasteiger partial charge in [-0.05, 0) is 36.3 Å². The van der Waals surface area contributed by atoms with E-state index in [2.05, 4.69) is 5.32 Å². The van der Waals surface area contributed by atoms with Gasteiger partial charge in [0.2, 0.25) is 5.91 Å². The van der Waals surface area contributed by atoms with Gasteiger partial charge < -0.3 is 11.1 Å². The van der Waals surface area contributed by atoms with Gasteiger partial charge >= 0.3 is 0 Å². The molecule has 0 bridgehead atoms. The summed E-state index contributed by atoms with van der Waals surface area (Å²) < 4.78 is 13.6. The normalized spacial score (nSPS) is 17.8. The van der Waals surface area contributed by atoms with Gasteiger partial charge in [-0.2, -0.15) is 0 Å². The van der Waals surface area contributed by atoms with Gasteiger partial charge in [-0.3, -0.25) is 4.79 Å². The quantitative estimate of drug-likeness (QED) is 0.827. The monoisotopic (exact) mass is 264 g/mol. The van der Waals surface area contributed by atoms with Crippen LogP contribution < -0.4 is 11.1 Å². The third-order valence-electron chi connectivity index (χ3n) is 3.69. The summed E-state index contributed by atoms with van der Waals surface area (Å²) in [4.78, 5) is 11.8. The topological polar surface area (TPSA) is 55.1 Å². The van der Waals surface area contributed by atoms with Crippen molar-refractivity contribution in [2.75, 3.05) is 6.54 Å².